The largest absolute Gasteiger partial charge is 0.483 e. The van der Waals surface area contributed by atoms with Crippen LogP contribution in [-0.2, 0) is 17.8 Å². The number of carbonyl (C=O) groups is 1. The first-order valence-electron chi connectivity index (χ1n) is 12.6. The number of benzene rings is 2. The van der Waals surface area contributed by atoms with Crippen LogP contribution in [0, 0.1) is 6.92 Å². The smallest absolute Gasteiger partial charge is 0.290 e. The molecule has 2 N–H and O–H groups in total. The van der Waals surface area contributed by atoms with Gasteiger partial charge >= 0.3 is 0 Å². The zero-order valence-electron chi connectivity index (χ0n) is 20.5. The summed E-state index contributed by atoms with van der Waals surface area (Å²) < 4.78 is 5.93. The van der Waals surface area contributed by atoms with Crippen molar-refractivity contribution in [1.29, 1.82) is 0 Å². The topological polar surface area (TPSA) is 77.9 Å². The Bertz CT molecular complexity index is 1200. The number of rotatable bonds is 4. The first-order valence-corrected chi connectivity index (χ1v) is 12.6. The molecular formula is C28H34N4O3. The molecule has 7 nitrogen and oxygen atoms in total. The van der Waals surface area contributed by atoms with Gasteiger partial charge in [-0.05, 0) is 50.1 Å². The number of anilines is 2. The minimum absolute atomic E-state index is 0.250. The summed E-state index contributed by atoms with van der Waals surface area (Å²) in [4.78, 5) is 18.4. The highest BCUT2D eigenvalue weighted by Gasteiger charge is 2.34. The third-order valence-electron chi connectivity index (χ3n) is 7.42. The second kappa shape index (κ2) is 10.1. The second-order valence-electron chi connectivity index (χ2n) is 9.61. The van der Waals surface area contributed by atoms with Gasteiger partial charge in [-0.15, -0.1) is 0 Å². The molecule has 0 aliphatic carbocycles. The summed E-state index contributed by atoms with van der Waals surface area (Å²) in [7, 11) is 0. The molecule has 3 aromatic rings. The van der Waals surface area contributed by atoms with Crippen molar-refractivity contribution in [2.45, 2.75) is 51.7 Å². The van der Waals surface area contributed by atoms with Gasteiger partial charge in [-0.25, -0.2) is 4.98 Å². The molecule has 2 aromatic carbocycles. The second-order valence-corrected chi connectivity index (χ2v) is 9.61. The Labute approximate surface area is 206 Å². The van der Waals surface area contributed by atoms with Crippen LogP contribution in [0.2, 0.25) is 0 Å². The highest BCUT2D eigenvalue weighted by atomic mass is 16.5. The number of carboxylic acid groups (broad SMARTS) is 1. The van der Waals surface area contributed by atoms with Crippen molar-refractivity contribution in [3.8, 4) is 5.88 Å². The van der Waals surface area contributed by atoms with Crippen LogP contribution in [0.1, 0.15) is 36.6 Å². The maximum absolute atomic E-state index is 8.36. The molecule has 7 heteroatoms. The van der Waals surface area contributed by atoms with Gasteiger partial charge in [0.2, 0.25) is 5.88 Å². The maximum atomic E-state index is 8.36. The molecule has 2 bridgehead atoms. The summed E-state index contributed by atoms with van der Waals surface area (Å²) >= 11 is 0. The molecule has 0 spiro atoms. The summed E-state index contributed by atoms with van der Waals surface area (Å²) in [6, 6.07) is 16.7. The monoisotopic (exact) mass is 474 g/mol. The Morgan fingerprint density at radius 1 is 1.11 bits per heavy atom. The average Bonchev–Trinajstić information content (AvgIpc) is 3.21. The normalized spacial score (nSPS) is 20.7. The zero-order chi connectivity index (χ0) is 24.4. The number of fused-ring (bicyclic) bond motifs is 4. The van der Waals surface area contributed by atoms with Gasteiger partial charge in [-0.2, -0.15) is 0 Å². The van der Waals surface area contributed by atoms with E-state index in [0.717, 1.165) is 38.5 Å². The maximum Gasteiger partial charge on any atom is 0.290 e. The molecule has 2 atom stereocenters. The summed E-state index contributed by atoms with van der Waals surface area (Å²) in [5, 5.41) is 13.3. The van der Waals surface area contributed by atoms with Gasteiger partial charge < -0.3 is 25.0 Å². The van der Waals surface area contributed by atoms with Gasteiger partial charge in [-0.3, -0.25) is 4.79 Å². The fourth-order valence-corrected chi connectivity index (χ4v) is 5.97. The van der Waals surface area contributed by atoms with Crippen LogP contribution in [0.4, 0.5) is 11.4 Å². The van der Waals surface area contributed by atoms with Crippen molar-refractivity contribution >= 4 is 28.6 Å². The Kier molecular flexibility index (Phi) is 6.77. The van der Waals surface area contributed by atoms with E-state index in [2.05, 4.69) is 64.5 Å². The number of ether oxygens (including phenoxy) is 1. The number of nitrogens with one attached hydrogen (secondary N) is 1. The molecule has 35 heavy (non-hydrogen) atoms. The van der Waals surface area contributed by atoms with E-state index in [1.54, 1.807) is 0 Å². The number of aryl methyl sites for hydroxylation is 1. The van der Waals surface area contributed by atoms with Crippen molar-refractivity contribution < 1.29 is 14.6 Å². The molecule has 184 valence electrons. The lowest BCUT2D eigenvalue weighted by Crippen LogP contribution is -2.51. The van der Waals surface area contributed by atoms with Crippen molar-refractivity contribution in [3.05, 3.63) is 59.3 Å². The van der Waals surface area contributed by atoms with Crippen molar-refractivity contribution in [2.24, 2.45) is 0 Å². The van der Waals surface area contributed by atoms with E-state index in [0.29, 0.717) is 18.7 Å². The predicted octanol–water partition coefficient (Wildman–Crippen LogP) is 4.15. The van der Waals surface area contributed by atoms with Crippen LogP contribution < -0.4 is 19.9 Å². The van der Waals surface area contributed by atoms with E-state index >= 15 is 0 Å². The molecule has 6 rings (SSSR count). The summed E-state index contributed by atoms with van der Waals surface area (Å²) in [6.07, 6.45) is 3.60. The quantitative estimate of drug-likeness (QED) is 0.550. The van der Waals surface area contributed by atoms with Gasteiger partial charge in [0.1, 0.15) is 0 Å². The number of piperazine rings is 1. The van der Waals surface area contributed by atoms with E-state index in [9.17, 15) is 0 Å². The molecule has 2 saturated heterocycles. The van der Waals surface area contributed by atoms with E-state index in [1.165, 1.54) is 51.8 Å². The molecule has 0 saturated carbocycles. The summed E-state index contributed by atoms with van der Waals surface area (Å²) in [5.41, 5.74) is 6.59. The van der Waals surface area contributed by atoms with Crippen LogP contribution in [0.5, 0.6) is 5.88 Å². The van der Waals surface area contributed by atoms with Gasteiger partial charge in [-0.1, -0.05) is 30.3 Å². The predicted molar refractivity (Wildman–Crippen MR) is 140 cm³/mol. The van der Waals surface area contributed by atoms with E-state index in [-0.39, 0.29) is 6.47 Å². The Morgan fingerprint density at radius 2 is 1.83 bits per heavy atom. The lowest BCUT2D eigenvalue weighted by Gasteiger charge is -2.38. The number of hydrogen-bond donors (Lipinski definition) is 2. The number of aromatic nitrogens is 1. The fourth-order valence-electron chi connectivity index (χ4n) is 5.97. The molecule has 1 aromatic heterocycles. The van der Waals surface area contributed by atoms with Crippen LogP contribution >= 0.6 is 0 Å². The minimum atomic E-state index is -0.250. The SMILES string of the molecule is CCOc1cc(N2CC3CCC(C2)N3)c2c(n1)CN(c1cccc3cccc(C)c13)CC2.O=CO. The van der Waals surface area contributed by atoms with Gasteiger partial charge in [0, 0.05) is 60.1 Å². The molecule has 0 radical (unpaired) electrons. The first kappa shape index (κ1) is 23.4. The zero-order valence-corrected chi connectivity index (χ0v) is 20.5. The van der Waals surface area contributed by atoms with E-state index in [1.807, 2.05) is 6.92 Å². The average molecular weight is 475 g/mol. The number of nitrogens with zero attached hydrogens (tertiary/aromatic N) is 3. The third kappa shape index (κ3) is 4.65. The molecule has 0 amide bonds. The summed E-state index contributed by atoms with van der Waals surface area (Å²) in [6.45, 7) is 8.67. The van der Waals surface area contributed by atoms with Crippen LogP contribution in [0.3, 0.4) is 0 Å². The van der Waals surface area contributed by atoms with E-state index < -0.39 is 0 Å². The van der Waals surface area contributed by atoms with Gasteiger partial charge in [0.15, 0.2) is 0 Å². The van der Waals surface area contributed by atoms with Gasteiger partial charge in [0.25, 0.3) is 6.47 Å². The van der Waals surface area contributed by atoms with E-state index in [4.69, 9.17) is 19.6 Å². The van der Waals surface area contributed by atoms with Crippen LogP contribution in [0.15, 0.2) is 42.5 Å². The van der Waals surface area contributed by atoms with Crippen LogP contribution in [0.25, 0.3) is 10.8 Å². The Balaban J connectivity index is 0.000000806. The highest BCUT2D eigenvalue weighted by molar-refractivity contribution is 5.97. The third-order valence-corrected chi connectivity index (χ3v) is 7.42. The molecule has 4 heterocycles. The van der Waals surface area contributed by atoms with Crippen molar-refractivity contribution in [1.82, 2.24) is 10.3 Å². The first-order chi connectivity index (χ1) is 17.1. The molecule has 2 unspecified atom stereocenters. The lowest BCUT2D eigenvalue weighted by molar-refractivity contribution is -0.122. The van der Waals surface area contributed by atoms with Crippen molar-refractivity contribution in [2.75, 3.05) is 36.0 Å². The standard InChI is InChI=1S/C27H32N4O.CH2O2/c1-3-32-26-14-25(31-15-20-10-11-21(16-31)28-20)22-12-13-30(17-23(22)29-26)24-9-5-8-19-7-4-6-18(2)27(19)24;2-1-3/h4-9,14,20-21,28H,3,10-13,15-17H2,1-2H3;1H,(H,2,3). The fraction of sp³-hybridized carbons (Fsp3) is 0.429. The minimum Gasteiger partial charge on any atom is -0.483 e. The van der Waals surface area contributed by atoms with Crippen LogP contribution in [-0.4, -0.2) is 54.9 Å². The summed E-state index contributed by atoms with van der Waals surface area (Å²) in [5.74, 6) is 0.767. The highest BCUT2D eigenvalue weighted by Crippen LogP contribution is 2.37. The van der Waals surface area contributed by atoms with Gasteiger partial charge in [0.05, 0.1) is 18.8 Å². The molecule has 2 fully saturated rings. The molecule has 3 aliphatic rings. The Morgan fingerprint density at radius 3 is 2.54 bits per heavy atom. The molecular weight excluding hydrogens is 440 g/mol. The number of pyridine rings is 1. The van der Waals surface area contributed by atoms with Crippen molar-refractivity contribution in [3.63, 3.8) is 0 Å². The Hall–Kier alpha value is -3.32. The molecule has 3 aliphatic heterocycles. The number of hydrogen-bond acceptors (Lipinski definition) is 6. The lowest BCUT2D eigenvalue weighted by atomic mass is 9.98.